The molecule has 0 spiro atoms. The summed E-state index contributed by atoms with van der Waals surface area (Å²) in [6, 6.07) is 10.7. The van der Waals surface area contributed by atoms with Gasteiger partial charge in [-0.1, -0.05) is 19.9 Å². The summed E-state index contributed by atoms with van der Waals surface area (Å²) in [6.45, 7) is 5.89. The minimum atomic E-state index is -0.797. The van der Waals surface area contributed by atoms with Crippen LogP contribution in [0.25, 0.3) is 0 Å². The summed E-state index contributed by atoms with van der Waals surface area (Å²) in [7, 11) is 2.99. The third-order valence-corrected chi connectivity index (χ3v) is 4.69. The van der Waals surface area contributed by atoms with E-state index in [9.17, 15) is 14.4 Å². The van der Waals surface area contributed by atoms with Gasteiger partial charge in [0.15, 0.2) is 6.61 Å². The molecule has 3 amide bonds. The summed E-state index contributed by atoms with van der Waals surface area (Å²) in [5.74, 6) is 0.146. The van der Waals surface area contributed by atoms with Crippen molar-refractivity contribution in [3.8, 4) is 17.2 Å². The van der Waals surface area contributed by atoms with E-state index in [0.717, 1.165) is 0 Å². The van der Waals surface area contributed by atoms with Crippen molar-refractivity contribution in [1.29, 1.82) is 0 Å². The van der Waals surface area contributed by atoms with Crippen LogP contribution in [0, 0.1) is 5.92 Å². The van der Waals surface area contributed by atoms with Gasteiger partial charge in [0.05, 0.1) is 14.2 Å². The Bertz CT molecular complexity index is 954. The van der Waals surface area contributed by atoms with Gasteiger partial charge < -0.3 is 30.2 Å². The highest BCUT2D eigenvalue weighted by molar-refractivity contribution is 6.01. The Hall–Kier alpha value is -3.75. The van der Waals surface area contributed by atoms with Crippen molar-refractivity contribution in [2.45, 2.75) is 26.8 Å². The van der Waals surface area contributed by atoms with Crippen molar-refractivity contribution < 1.29 is 28.6 Å². The molecule has 3 N–H and O–H groups in total. The average Bonchev–Trinajstić information content (AvgIpc) is 2.80. The van der Waals surface area contributed by atoms with E-state index in [4.69, 9.17) is 14.2 Å². The Morgan fingerprint density at radius 2 is 1.61 bits per heavy atom. The maximum absolute atomic E-state index is 12.9. The fourth-order valence-corrected chi connectivity index (χ4v) is 2.98. The van der Waals surface area contributed by atoms with Crippen molar-refractivity contribution in [3.63, 3.8) is 0 Å². The SMILES string of the molecule is CCNC(=O)COc1cccc(NC(=O)C(NC(=O)c2cc(OC)cc(OC)c2)C(C)C)c1. The minimum absolute atomic E-state index is 0.125. The number of hydrogen-bond donors (Lipinski definition) is 3. The number of likely N-dealkylation sites (N-methyl/N-ethyl adjacent to an activating group) is 1. The first-order chi connectivity index (χ1) is 15.8. The molecule has 0 radical (unpaired) electrons. The molecule has 0 aliphatic heterocycles. The van der Waals surface area contributed by atoms with Crippen LogP contribution in [0.2, 0.25) is 0 Å². The molecule has 9 heteroatoms. The van der Waals surface area contributed by atoms with Gasteiger partial charge in [0.1, 0.15) is 23.3 Å². The Balaban J connectivity index is 2.09. The number of benzene rings is 2. The van der Waals surface area contributed by atoms with Gasteiger partial charge >= 0.3 is 0 Å². The summed E-state index contributed by atoms with van der Waals surface area (Å²) < 4.78 is 15.9. The van der Waals surface area contributed by atoms with E-state index >= 15 is 0 Å². The smallest absolute Gasteiger partial charge is 0.257 e. The molecule has 0 fully saturated rings. The molecule has 0 heterocycles. The maximum Gasteiger partial charge on any atom is 0.257 e. The summed E-state index contributed by atoms with van der Waals surface area (Å²) in [6.07, 6.45) is 0. The van der Waals surface area contributed by atoms with Gasteiger partial charge in [-0.2, -0.15) is 0 Å². The van der Waals surface area contributed by atoms with Crippen molar-refractivity contribution >= 4 is 23.4 Å². The number of hydrogen-bond acceptors (Lipinski definition) is 6. The second-order valence-electron chi connectivity index (χ2n) is 7.56. The summed E-state index contributed by atoms with van der Waals surface area (Å²) in [5.41, 5.74) is 0.793. The number of anilines is 1. The largest absolute Gasteiger partial charge is 0.497 e. The topological polar surface area (TPSA) is 115 Å². The van der Waals surface area contributed by atoms with E-state index < -0.39 is 11.9 Å². The Morgan fingerprint density at radius 1 is 0.939 bits per heavy atom. The van der Waals surface area contributed by atoms with E-state index in [1.54, 1.807) is 42.5 Å². The zero-order valence-electron chi connectivity index (χ0n) is 19.6. The Kier molecular flexibility index (Phi) is 9.53. The lowest BCUT2D eigenvalue weighted by molar-refractivity contribution is -0.123. The van der Waals surface area contributed by atoms with Gasteiger partial charge in [0.2, 0.25) is 5.91 Å². The monoisotopic (exact) mass is 457 g/mol. The molecule has 1 unspecified atom stereocenters. The van der Waals surface area contributed by atoms with Crippen LogP contribution < -0.4 is 30.2 Å². The first-order valence-corrected chi connectivity index (χ1v) is 10.6. The molecule has 178 valence electrons. The maximum atomic E-state index is 12.9. The third kappa shape index (κ3) is 7.71. The minimum Gasteiger partial charge on any atom is -0.497 e. The number of ether oxygens (including phenoxy) is 3. The van der Waals surface area contributed by atoms with Gasteiger partial charge in [-0.25, -0.2) is 0 Å². The van der Waals surface area contributed by atoms with Crippen molar-refractivity contribution in [3.05, 3.63) is 48.0 Å². The molecule has 9 nitrogen and oxygen atoms in total. The zero-order chi connectivity index (χ0) is 24.4. The fraction of sp³-hybridized carbons (Fsp3) is 0.375. The van der Waals surface area contributed by atoms with Crippen molar-refractivity contribution in [2.75, 3.05) is 32.7 Å². The van der Waals surface area contributed by atoms with Gasteiger partial charge in [-0.3, -0.25) is 14.4 Å². The molecule has 0 aliphatic carbocycles. The number of rotatable bonds is 11. The Morgan fingerprint density at radius 3 is 2.18 bits per heavy atom. The highest BCUT2D eigenvalue weighted by Gasteiger charge is 2.25. The molecule has 33 heavy (non-hydrogen) atoms. The molecular formula is C24H31N3O6. The van der Waals surface area contributed by atoms with Crippen LogP contribution in [0.4, 0.5) is 5.69 Å². The van der Waals surface area contributed by atoms with Crippen LogP contribution in [0.3, 0.4) is 0 Å². The van der Waals surface area contributed by atoms with Gasteiger partial charge in [0.25, 0.3) is 11.8 Å². The van der Waals surface area contributed by atoms with Crippen LogP contribution in [0.15, 0.2) is 42.5 Å². The first-order valence-electron chi connectivity index (χ1n) is 10.6. The van der Waals surface area contributed by atoms with Crippen LogP contribution in [0.1, 0.15) is 31.1 Å². The van der Waals surface area contributed by atoms with Gasteiger partial charge in [0, 0.05) is 29.9 Å². The molecule has 0 bridgehead atoms. The summed E-state index contributed by atoms with van der Waals surface area (Å²) >= 11 is 0. The number of carbonyl (C=O) groups is 3. The molecule has 0 aromatic heterocycles. The first kappa shape index (κ1) is 25.5. The van der Waals surface area contributed by atoms with Gasteiger partial charge in [-0.15, -0.1) is 0 Å². The fourth-order valence-electron chi connectivity index (χ4n) is 2.98. The Labute approximate surface area is 193 Å². The lowest BCUT2D eigenvalue weighted by Crippen LogP contribution is -2.47. The van der Waals surface area contributed by atoms with Crippen LogP contribution in [-0.2, 0) is 9.59 Å². The molecule has 0 aliphatic rings. The predicted octanol–water partition coefficient (Wildman–Crippen LogP) is 2.61. The van der Waals surface area contributed by atoms with E-state index in [-0.39, 0.29) is 24.3 Å². The molecule has 1 atom stereocenters. The second kappa shape index (κ2) is 12.3. The summed E-state index contributed by atoms with van der Waals surface area (Å²) in [4.78, 5) is 37.4. The third-order valence-electron chi connectivity index (χ3n) is 4.69. The lowest BCUT2D eigenvalue weighted by atomic mass is 10.0. The van der Waals surface area contributed by atoms with Crippen LogP contribution in [0.5, 0.6) is 17.2 Å². The zero-order valence-corrected chi connectivity index (χ0v) is 19.6. The lowest BCUT2D eigenvalue weighted by Gasteiger charge is -2.22. The number of amides is 3. The van der Waals surface area contributed by atoms with Crippen LogP contribution >= 0.6 is 0 Å². The van der Waals surface area contributed by atoms with Crippen molar-refractivity contribution in [2.24, 2.45) is 5.92 Å². The molecule has 0 saturated carbocycles. The van der Waals surface area contributed by atoms with Crippen LogP contribution in [-0.4, -0.2) is 51.1 Å². The van der Waals surface area contributed by atoms with Gasteiger partial charge in [-0.05, 0) is 37.1 Å². The number of methoxy groups -OCH3 is 2. The quantitative estimate of drug-likeness (QED) is 0.478. The summed E-state index contributed by atoms with van der Waals surface area (Å²) in [5, 5.41) is 8.22. The van der Waals surface area contributed by atoms with E-state index in [1.165, 1.54) is 14.2 Å². The molecule has 0 saturated heterocycles. The predicted molar refractivity (Wildman–Crippen MR) is 125 cm³/mol. The highest BCUT2D eigenvalue weighted by Crippen LogP contribution is 2.23. The molecule has 2 aromatic carbocycles. The van der Waals surface area contributed by atoms with E-state index in [2.05, 4.69) is 16.0 Å². The normalized spacial score (nSPS) is 11.3. The van der Waals surface area contributed by atoms with E-state index in [1.807, 2.05) is 20.8 Å². The highest BCUT2D eigenvalue weighted by atomic mass is 16.5. The van der Waals surface area contributed by atoms with Crippen molar-refractivity contribution in [1.82, 2.24) is 10.6 Å². The number of nitrogens with one attached hydrogen (secondary N) is 3. The molecule has 2 aromatic rings. The molecular weight excluding hydrogens is 426 g/mol. The van der Waals surface area contributed by atoms with E-state index in [0.29, 0.717) is 35.0 Å². The standard InChI is InChI=1S/C24H31N3O6/c1-6-25-21(28)14-33-18-9-7-8-17(12-18)26-24(30)22(15(2)3)27-23(29)16-10-19(31-4)13-20(11-16)32-5/h7-13,15,22H,6,14H2,1-5H3,(H,25,28)(H,26,30)(H,27,29). The second-order valence-corrected chi connectivity index (χ2v) is 7.56. The number of carbonyl (C=O) groups excluding carboxylic acids is 3. The average molecular weight is 458 g/mol. The molecule has 2 rings (SSSR count).